The predicted molar refractivity (Wildman–Crippen MR) is 72.6 cm³/mol. The fourth-order valence-electron chi connectivity index (χ4n) is 1.35. The molecule has 0 radical (unpaired) electrons. The smallest absolute Gasteiger partial charge is 0.230 e. The van der Waals surface area contributed by atoms with Crippen LogP contribution in [0.5, 0.6) is 0 Å². The Morgan fingerprint density at radius 1 is 1.47 bits per heavy atom. The number of hydrogen-bond donors (Lipinski definition) is 0. The molecule has 6 heteroatoms. The molecule has 0 aliphatic rings. The Morgan fingerprint density at radius 3 is 2.82 bits per heavy atom. The molecule has 3 nitrogen and oxygen atoms in total. The van der Waals surface area contributed by atoms with Gasteiger partial charge in [0.15, 0.2) is 5.76 Å². The molecule has 0 spiro atoms. The van der Waals surface area contributed by atoms with Crippen molar-refractivity contribution < 1.29 is 13.9 Å². The van der Waals surface area contributed by atoms with Gasteiger partial charge in [-0.05, 0) is 50.1 Å². The average molecular weight is 380 g/mol. The van der Waals surface area contributed by atoms with Crippen molar-refractivity contribution in [2.24, 2.45) is 0 Å². The Bertz CT molecular complexity index is 545. The Labute approximate surface area is 119 Å². The molecule has 0 amide bonds. The van der Waals surface area contributed by atoms with Crippen LogP contribution in [0.1, 0.15) is 21.9 Å². The lowest BCUT2D eigenvalue weighted by atomic mass is 10.2. The summed E-state index contributed by atoms with van der Waals surface area (Å²) in [6.07, 6.45) is 0. The van der Waals surface area contributed by atoms with E-state index in [1.807, 2.05) is 0 Å². The molecule has 0 aromatic carbocycles. The van der Waals surface area contributed by atoms with E-state index in [0.29, 0.717) is 23.7 Å². The third-order valence-corrected chi connectivity index (χ3v) is 4.41. The van der Waals surface area contributed by atoms with Gasteiger partial charge < -0.3 is 9.15 Å². The van der Waals surface area contributed by atoms with Crippen LogP contribution in [0.4, 0.5) is 0 Å². The number of thiophene rings is 1. The molecule has 0 atom stereocenters. The SMILES string of the molecule is COCc1ccc(C(=O)c2cc(Br)sc2Br)o1. The standard InChI is InChI=1S/C11H8Br2O3S/c1-15-5-6-2-3-8(16-6)10(14)7-4-9(12)17-11(7)13/h2-4H,5H2,1H3. The molecule has 17 heavy (non-hydrogen) atoms. The lowest BCUT2D eigenvalue weighted by Crippen LogP contribution is -1.98. The van der Waals surface area contributed by atoms with Crippen LogP contribution in [0.2, 0.25) is 0 Å². The Balaban J connectivity index is 2.27. The first-order chi connectivity index (χ1) is 8.11. The number of carbonyl (C=O) groups excluding carboxylic acids is 1. The van der Waals surface area contributed by atoms with Crippen LogP contribution >= 0.6 is 43.2 Å². The maximum absolute atomic E-state index is 12.1. The van der Waals surface area contributed by atoms with E-state index in [1.165, 1.54) is 11.3 Å². The van der Waals surface area contributed by atoms with Crippen LogP contribution in [0.3, 0.4) is 0 Å². The van der Waals surface area contributed by atoms with E-state index in [4.69, 9.17) is 9.15 Å². The quantitative estimate of drug-likeness (QED) is 0.745. The maximum atomic E-state index is 12.1. The van der Waals surface area contributed by atoms with Crippen molar-refractivity contribution in [2.45, 2.75) is 6.61 Å². The summed E-state index contributed by atoms with van der Waals surface area (Å²) in [5.41, 5.74) is 0.597. The normalized spacial score (nSPS) is 10.8. The summed E-state index contributed by atoms with van der Waals surface area (Å²) in [5.74, 6) is 0.825. The van der Waals surface area contributed by atoms with Gasteiger partial charge in [0.25, 0.3) is 0 Å². The third-order valence-electron chi connectivity index (χ3n) is 2.07. The Hall–Kier alpha value is -0.430. The number of carbonyl (C=O) groups is 1. The van der Waals surface area contributed by atoms with Crippen LogP contribution in [0.15, 0.2) is 30.2 Å². The summed E-state index contributed by atoms with van der Waals surface area (Å²) in [4.78, 5) is 12.1. The minimum absolute atomic E-state index is 0.138. The topological polar surface area (TPSA) is 39.4 Å². The minimum Gasteiger partial charge on any atom is -0.455 e. The number of rotatable bonds is 4. The van der Waals surface area contributed by atoms with E-state index >= 15 is 0 Å². The van der Waals surface area contributed by atoms with Crippen molar-refractivity contribution in [1.82, 2.24) is 0 Å². The van der Waals surface area contributed by atoms with Gasteiger partial charge >= 0.3 is 0 Å². The highest BCUT2D eigenvalue weighted by Crippen LogP contribution is 2.33. The van der Waals surface area contributed by atoms with Crippen molar-refractivity contribution in [3.8, 4) is 0 Å². The molecule has 0 saturated carbocycles. The highest BCUT2D eigenvalue weighted by molar-refractivity contribution is 9.12. The molecule has 0 bridgehead atoms. The Morgan fingerprint density at radius 2 is 2.24 bits per heavy atom. The number of furan rings is 1. The summed E-state index contributed by atoms with van der Waals surface area (Å²) in [6, 6.07) is 5.18. The van der Waals surface area contributed by atoms with Crippen LogP contribution in [-0.2, 0) is 11.3 Å². The zero-order valence-corrected chi connectivity index (χ0v) is 12.8. The van der Waals surface area contributed by atoms with E-state index in [1.54, 1.807) is 25.3 Å². The van der Waals surface area contributed by atoms with Gasteiger partial charge in [-0.2, -0.15) is 0 Å². The third kappa shape index (κ3) is 2.88. The molecule has 0 unspecified atom stereocenters. The summed E-state index contributed by atoms with van der Waals surface area (Å²) in [5, 5.41) is 0. The zero-order chi connectivity index (χ0) is 12.4. The molecule has 2 aromatic rings. The van der Waals surface area contributed by atoms with Crippen molar-refractivity contribution in [2.75, 3.05) is 7.11 Å². The maximum Gasteiger partial charge on any atom is 0.230 e. The van der Waals surface area contributed by atoms with Gasteiger partial charge in [-0.3, -0.25) is 4.79 Å². The van der Waals surface area contributed by atoms with E-state index in [2.05, 4.69) is 31.9 Å². The number of hydrogen-bond acceptors (Lipinski definition) is 4. The molecule has 2 aromatic heterocycles. The van der Waals surface area contributed by atoms with Gasteiger partial charge in [0.05, 0.1) is 13.1 Å². The number of ether oxygens (including phenoxy) is 1. The average Bonchev–Trinajstić information content (AvgIpc) is 2.85. The number of halogens is 2. The molecular weight excluding hydrogens is 372 g/mol. The van der Waals surface area contributed by atoms with Gasteiger partial charge in [0, 0.05) is 7.11 Å². The molecule has 0 saturated heterocycles. The minimum atomic E-state index is -0.138. The van der Waals surface area contributed by atoms with E-state index in [9.17, 15) is 4.79 Å². The summed E-state index contributed by atoms with van der Waals surface area (Å²) >= 11 is 8.15. The van der Waals surface area contributed by atoms with Crippen LogP contribution < -0.4 is 0 Å². The van der Waals surface area contributed by atoms with Crippen molar-refractivity contribution >= 4 is 49.0 Å². The fraction of sp³-hybridized carbons (Fsp3) is 0.182. The lowest BCUT2D eigenvalue weighted by Gasteiger charge is -1.95. The largest absolute Gasteiger partial charge is 0.455 e. The summed E-state index contributed by atoms with van der Waals surface area (Å²) < 4.78 is 12.0. The van der Waals surface area contributed by atoms with Gasteiger partial charge in [-0.25, -0.2) is 0 Å². The highest BCUT2D eigenvalue weighted by Gasteiger charge is 2.18. The molecular formula is C11H8Br2O3S. The molecule has 0 N–H and O–H groups in total. The number of ketones is 1. The van der Waals surface area contributed by atoms with Crippen molar-refractivity contribution in [3.63, 3.8) is 0 Å². The Kier molecular flexibility index (Phi) is 4.19. The first kappa shape index (κ1) is 13.0. The van der Waals surface area contributed by atoms with Crippen LogP contribution in [0.25, 0.3) is 0 Å². The first-order valence-corrected chi connectivity index (χ1v) is 7.09. The second-order valence-corrected chi connectivity index (χ2v) is 7.02. The van der Waals surface area contributed by atoms with Crippen molar-refractivity contribution in [3.05, 3.63) is 42.9 Å². The van der Waals surface area contributed by atoms with Crippen LogP contribution in [-0.4, -0.2) is 12.9 Å². The van der Waals surface area contributed by atoms with E-state index in [-0.39, 0.29) is 5.78 Å². The van der Waals surface area contributed by atoms with Gasteiger partial charge in [-0.1, -0.05) is 0 Å². The molecule has 2 rings (SSSR count). The molecule has 2 heterocycles. The van der Waals surface area contributed by atoms with Gasteiger partial charge in [0.1, 0.15) is 12.4 Å². The molecule has 0 aliphatic heterocycles. The fourth-order valence-corrected chi connectivity index (χ4v) is 4.14. The molecule has 0 fully saturated rings. The van der Waals surface area contributed by atoms with Crippen molar-refractivity contribution in [1.29, 1.82) is 0 Å². The lowest BCUT2D eigenvalue weighted by molar-refractivity contribution is 0.0999. The summed E-state index contributed by atoms with van der Waals surface area (Å²) in [7, 11) is 1.58. The van der Waals surface area contributed by atoms with E-state index < -0.39 is 0 Å². The first-order valence-electron chi connectivity index (χ1n) is 4.69. The number of methoxy groups -OCH3 is 1. The van der Waals surface area contributed by atoms with Gasteiger partial charge in [-0.15, -0.1) is 11.3 Å². The van der Waals surface area contributed by atoms with Crippen LogP contribution in [0, 0.1) is 0 Å². The highest BCUT2D eigenvalue weighted by atomic mass is 79.9. The second-order valence-electron chi connectivity index (χ2n) is 3.27. The van der Waals surface area contributed by atoms with Gasteiger partial charge in [0.2, 0.25) is 5.78 Å². The molecule has 0 aliphatic carbocycles. The molecule has 90 valence electrons. The monoisotopic (exact) mass is 378 g/mol. The second kappa shape index (κ2) is 5.48. The zero-order valence-electron chi connectivity index (χ0n) is 8.83. The summed E-state index contributed by atoms with van der Waals surface area (Å²) in [6.45, 7) is 0.363. The van der Waals surface area contributed by atoms with E-state index in [0.717, 1.165) is 7.57 Å². The predicted octanol–water partition coefficient (Wildman–Crippen LogP) is 4.24.